The molecule has 0 fully saturated rings. The average Bonchev–Trinajstić information content (AvgIpc) is 3.41. The second-order valence-corrected chi connectivity index (χ2v) is 6.34. The number of imidazole rings is 1. The monoisotopic (exact) mass is 393 g/mol. The molecule has 0 spiro atoms. The lowest BCUT2D eigenvalue weighted by atomic mass is 10.2. The van der Waals surface area contributed by atoms with E-state index in [0.29, 0.717) is 36.0 Å². The summed E-state index contributed by atoms with van der Waals surface area (Å²) in [4.78, 5) is 32.2. The van der Waals surface area contributed by atoms with Crippen molar-refractivity contribution >= 4 is 17.5 Å². The highest BCUT2D eigenvalue weighted by atomic mass is 16.7. The first-order valence-electron chi connectivity index (χ1n) is 9.09. The molecular weight excluding hydrogens is 374 g/mol. The molecule has 0 saturated carbocycles. The maximum absolute atomic E-state index is 12.4. The third-order valence-electron chi connectivity index (χ3n) is 4.32. The van der Waals surface area contributed by atoms with E-state index < -0.39 is 0 Å². The highest BCUT2D eigenvalue weighted by Crippen LogP contribution is 2.32. The maximum atomic E-state index is 12.4. The maximum Gasteiger partial charge on any atom is 0.271 e. The standard InChI is InChI=1S/C20H19N5O4/c1-2-19(26)24-14-4-6-18(21-9-14)25-10-15(23-11-25)20(27)22-8-13-3-5-16-17(7-13)29-12-28-16/h3-7,9-11H,2,8,12H2,1H3,(H,22,27)(H,24,26). The zero-order chi connectivity index (χ0) is 20.2. The van der Waals surface area contributed by atoms with Gasteiger partial charge in [-0.2, -0.15) is 0 Å². The summed E-state index contributed by atoms with van der Waals surface area (Å²) in [7, 11) is 0. The number of carbonyl (C=O) groups is 2. The van der Waals surface area contributed by atoms with Crippen molar-refractivity contribution in [3.63, 3.8) is 0 Å². The number of nitrogens with zero attached hydrogens (tertiary/aromatic N) is 3. The van der Waals surface area contributed by atoms with Gasteiger partial charge in [0.1, 0.15) is 17.8 Å². The Labute approximate surface area is 166 Å². The van der Waals surface area contributed by atoms with Crippen LogP contribution in [0.2, 0.25) is 0 Å². The molecule has 2 aromatic heterocycles. The summed E-state index contributed by atoms with van der Waals surface area (Å²) in [5.41, 5.74) is 1.78. The fourth-order valence-corrected chi connectivity index (χ4v) is 2.75. The SMILES string of the molecule is CCC(=O)Nc1ccc(-n2cnc(C(=O)NCc3ccc4c(c3)OCO4)c2)nc1. The predicted octanol–water partition coefficient (Wildman–Crippen LogP) is 2.27. The molecule has 2 N–H and O–H groups in total. The molecule has 0 radical (unpaired) electrons. The van der Waals surface area contributed by atoms with Crippen molar-refractivity contribution in [2.45, 2.75) is 19.9 Å². The van der Waals surface area contributed by atoms with Gasteiger partial charge in [0.2, 0.25) is 12.7 Å². The van der Waals surface area contributed by atoms with E-state index in [4.69, 9.17) is 9.47 Å². The molecule has 0 bridgehead atoms. The summed E-state index contributed by atoms with van der Waals surface area (Å²) in [6.45, 7) is 2.33. The van der Waals surface area contributed by atoms with Crippen LogP contribution in [0.4, 0.5) is 5.69 Å². The smallest absolute Gasteiger partial charge is 0.271 e. The quantitative estimate of drug-likeness (QED) is 0.665. The molecule has 4 rings (SSSR count). The van der Waals surface area contributed by atoms with Gasteiger partial charge in [0, 0.05) is 19.2 Å². The Kier molecular flexibility index (Phi) is 5.10. The van der Waals surface area contributed by atoms with Crippen molar-refractivity contribution in [1.29, 1.82) is 0 Å². The van der Waals surface area contributed by atoms with Gasteiger partial charge in [0.05, 0.1) is 11.9 Å². The zero-order valence-corrected chi connectivity index (χ0v) is 15.7. The second kappa shape index (κ2) is 8.01. The van der Waals surface area contributed by atoms with Crippen LogP contribution in [-0.2, 0) is 11.3 Å². The molecule has 9 nitrogen and oxygen atoms in total. The first-order chi connectivity index (χ1) is 14.1. The summed E-state index contributed by atoms with van der Waals surface area (Å²) in [5, 5.41) is 5.56. The van der Waals surface area contributed by atoms with Crippen LogP contribution in [0.15, 0.2) is 49.1 Å². The Morgan fingerprint density at radius 1 is 1.14 bits per heavy atom. The number of nitrogens with one attached hydrogen (secondary N) is 2. The summed E-state index contributed by atoms with van der Waals surface area (Å²) < 4.78 is 12.3. The minimum atomic E-state index is -0.298. The topological polar surface area (TPSA) is 107 Å². The molecule has 9 heteroatoms. The average molecular weight is 393 g/mol. The fourth-order valence-electron chi connectivity index (χ4n) is 2.75. The molecule has 0 saturated heterocycles. The molecule has 1 aliphatic rings. The molecule has 3 heterocycles. The summed E-state index contributed by atoms with van der Waals surface area (Å²) >= 11 is 0. The van der Waals surface area contributed by atoms with Crippen molar-refractivity contribution in [3.8, 4) is 17.3 Å². The molecule has 0 unspecified atom stereocenters. The van der Waals surface area contributed by atoms with Crippen LogP contribution >= 0.6 is 0 Å². The third-order valence-corrected chi connectivity index (χ3v) is 4.32. The van der Waals surface area contributed by atoms with Crippen molar-refractivity contribution in [2.24, 2.45) is 0 Å². The Morgan fingerprint density at radius 2 is 2.00 bits per heavy atom. The third kappa shape index (κ3) is 4.18. The lowest BCUT2D eigenvalue weighted by Gasteiger charge is -2.05. The minimum Gasteiger partial charge on any atom is -0.454 e. The number of benzene rings is 1. The van der Waals surface area contributed by atoms with E-state index in [0.717, 1.165) is 5.56 Å². The Bertz CT molecular complexity index is 1050. The van der Waals surface area contributed by atoms with Gasteiger partial charge in [0.25, 0.3) is 5.91 Å². The number of amides is 2. The van der Waals surface area contributed by atoms with Gasteiger partial charge in [-0.25, -0.2) is 9.97 Å². The number of carbonyl (C=O) groups excluding carboxylic acids is 2. The van der Waals surface area contributed by atoms with Crippen molar-refractivity contribution in [2.75, 3.05) is 12.1 Å². The molecule has 3 aromatic rings. The van der Waals surface area contributed by atoms with Gasteiger partial charge in [-0.15, -0.1) is 0 Å². The highest BCUT2D eigenvalue weighted by molar-refractivity contribution is 5.92. The van der Waals surface area contributed by atoms with Crippen LogP contribution in [0, 0.1) is 0 Å². The van der Waals surface area contributed by atoms with Crippen LogP contribution < -0.4 is 20.1 Å². The van der Waals surface area contributed by atoms with E-state index in [-0.39, 0.29) is 24.3 Å². The molecule has 0 atom stereocenters. The number of hydrogen-bond acceptors (Lipinski definition) is 6. The van der Waals surface area contributed by atoms with E-state index in [9.17, 15) is 9.59 Å². The normalized spacial score (nSPS) is 11.9. The molecule has 0 aliphatic carbocycles. The number of aromatic nitrogens is 3. The van der Waals surface area contributed by atoms with Gasteiger partial charge in [-0.05, 0) is 29.8 Å². The van der Waals surface area contributed by atoms with Gasteiger partial charge in [0.15, 0.2) is 11.5 Å². The van der Waals surface area contributed by atoms with Crippen molar-refractivity contribution in [1.82, 2.24) is 19.9 Å². The molecule has 2 amide bonds. The van der Waals surface area contributed by atoms with Gasteiger partial charge < -0.3 is 20.1 Å². The van der Waals surface area contributed by atoms with Crippen molar-refractivity contribution in [3.05, 3.63) is 60.3 Å². The number of ether oxygens (including phenoxy) is 2. The van der Waals surface area contributed by atoms with Crippen LogP contribution in [0.3, 0.4) is 0 Å². The number of hydrogen-bond donors (Lipinski definition) is 2. The largest absolute Gasteiger partial charge is 0.454 e. The highest BCUT2D eigenvalue weighted by Gasteiger charge is 2.14. The van der Waals surface area contributed by atoms with Crippen molar-refractivity contribution < 1.29 is 19.1 Å². The Morgan fingerprint density at radius 3 is 2.79 bits per heavy atom. The van der Waals surface area contributed by atoms with E-state index in [1.807, 2.05) is 18.2 Å². The van der Waals surface area contributed by atoms with Crippen LogP contribution in [0.5, 0.6) is 11.5 Å². The molecule has 1 aromatic carbocycles. The van der Waals surface area contributed by atoms with E-state index in [2.05, 4.69) is 20.6 Å². The summed E-state index contributed by atoms with van der Waals surface area (Å²) in [6, 6.07) is 9.01. The fraction of sp³-hybridized carbons (Fsp3) is 0.200. The molecule has 148 valence electrons. The van der Waals surface area contributed by atoms with E-state index >= 15 is 0 Å². The van der Waals surface area contributed by atoms with E-state index in [1.165, 1.54) is 6.33 Å². The van der Waals surface area contributed by atoms with Crippen LogP contribution in [0.25, 0.3) is 5.82 Å². The second-order valence-electron chi connectivity index (χ2n) is 6.34. The molecule has 29 heavy (non-hydrogen) atoms. The number of rotatable bonds is 6. The van der Waals surface area contributed by atoms with Crippen LogP contribution in [-0.4, -0.2) is 33.1 Å². The predicted molar refractivity (Wildman–Crippen MR) is 104 cm³/mol. The van der Waals surface area contributed by atoms with Gasteiger partial charge in [-0.1, -0.05) is 13.0 Å². The van der Waals surface area contributed by atoms with E-state index in [1.54, 1.807) is 36.0 Å². The Hall–Kier alpha value is -3.88. The number of fused-ring (bicyclic) bond motifs is 1. The lowest BCUT2D eigenvalue weighted by molar-refractivity contribution is -0.115. The van der Waals surface area contributed by atoms with Gasteiger partial charge >= 0.3 is 0 Å². The first kappa shape index (κ1) is 18.5. The first-order valence-corrected chi connectivity index (χ1v) is 9.09. The summed E-state index contributed by atoms with van der Waals surface area (Å²) in [5.74, 6) is 1.58. The zero-order valence-electron chi connectivity index (χ0n) is 15.7. The summed E-state index contributed by atoms with van der Waals surface area (Å²) in [6.07, 6.45) is 5.07. The molecular formula is C20H19N5O4. The number of pyridine rings is 1. The van der Waals surface area contributed by atoms with Crippen LogP contribution in [0.1, 0.15) is 29.4 Å². The minimum absolute atomic E-state index is 0.0800. The molecule has 1 aliphatic heterocycles. The Balaban J connectivity index is 1.38. The number of anilines is 1. The lowest BCUT2D eigenvalue weighted by Crippen LogP contribution is -2.23. The van der Waals surface area contributed by atoms with Gasteiger partial charge in [-0.3, -0.25) is 14.2 Å².